The van der Waals surface area contributed by atoms with Crippen LogP contribution in [0.5, 0.6) is 0 Å². The zero-order chi connectivity index (χ0) is 22.1. The maximum absolute atomic E-state index is 14.8. The molecule has 1 unspecified atom stereocenters. The molecule has 4 rings (SSSR count). The summed E-state index contributed by atoms with van der Waals surface area (Å²) in [5.41, 5.74) is -6.72. The van der Waals surface area contributed by atoms with Crippen LogP contribution in [0.15, 0.2) is 46.4 Å². The van der Waals surface area contributed by atoms with Gasteiger partial charge in [-0.3, -0.25) is 14.5 Å². The van der Waals surface area contributed by atoms with Gasteiger partial charge in [0.2, 0.25) is 5.41 Å². The number of aromatic amines is 1. The third kappa shape index (κ3) is 3.15. The minimum atomic E-state index is -5.22. The fourth-order valence-corrected chi connectivity index (χ4v) is 4.64. The molecule has 10 heteroatoms. The van der Waals surface area contributed by atoms with Gasteiger partial charge >= 0.3 is 6.18 Å². The molecule has 2 aliphatic rings. The van der Waals surface area contributed by atoms with Crippen LogP contribution in [0.1, 0.15) is 37.9 Å². The number of aryl methyl sites for hydroxylation is 1. The van der Waals surface area contributed by atoms with Crippen LogP contribution >= 0.6 is 0 Å². The van der Waals surface area contributed by atoms with Gasteiger partial charge in [-0.2, -0.15) is 13.2 Å². The van der Waals surface area contributed by atoms with E-state index in [0.717, 1.165) is 4.90 Å². The summed E-state index contributed by atoms with van der Waals surface area (Å²) in [6, 6.07) is 7.85. The molecular formula is C21H19F3N3O3Re-. The smallest absolute Gasteiger partial charge is 0.411 e. The summed E-state index contributed by atoms with van der Waals surface area (Å²) >= 11 is 0. The average Bonchev–Trinajstić information content (AvgIpc) is 3.08. The van der Waals surface area contributed by atoms with Crippen LogP contribution in [0, 0.1) is 12.3 Å². The number of benzene rings is 1. The number of aromatic nitrogens is 2. The van der Waals surface area contributed by atoms with Crippen molar-refractivity contribution in [2.24, 2.45) is 5.41 Å². The zero-order valence-electron chi connectivity index (χ0n) is 16.9. The predicted octanol–water partition coefficient (Wildman–Crippen LogP) is 3.13. The Morgan fingerprint density at radius 1 is 1.06 bits per heavy atom. The number of allylic oxidation sites excluding steroid dienone is 1. The Hall–Kier alpha value is -2.44. The van der Waals surface area contributed by atoms with Crippen molar-refractivity contribution < 1.29 is 43.2 Å². The second-order valence-electron chi connectivity index (χ2n) is 8.52. The van der Waals surface area contributed by atoms with Gasteiger partial charge in [-0.15, -0.1) is 0 Å². The second-order valence-corrected chi connectivity index (χ2v) is 8.52. The molecule has 2 aromatic rings. The largest absolute Gasteiger partial charge is 0.563 e. The van der Waals surface area contributed by atoms with Gasteiger partial charge in [0.25, 0.3) is 5.91 Å². The van der Waals surface area contributed by atoms with E-state index in [1.807, 2.05) is 0 Å². The van der Waals surface area contributed by atoms with Gasteiger partial charge in [-0.25, -0.2) is 0 Å². The van der Waals surface area contributed by atoms with Crippen molar-refractivity contribution >= 4 is 17.4 Å². The van der Waals surface area contributed by atoms with E-state index in [1.165, 1.54) is 19.1 Å². The number of nitrogens with zero attached hydrogens (tertiary/aromatic N) is 2. The number of carbonyl (C=O) groups is 2. The summed E-state index contributed by atoms with van der Waals surface area (Å²) in [4.78, 5) is 40.1. The summed E-state index contributed by atoms with van der Waals surface area (Å²) in [7, 11) is 0. The molecule has 1 aliphatic carbocycles. The summed E-state index contributed by atoms with van der Waals surface area (Å²) < 4.78 is 44.4. The molecule has 1 radical (unpaired) electrons. The minimum absolute atomic E-state index is 0. The Balaban J connectivity index is 0.00000272. The van der Waals surface area contributed by atoms with E-state index in [4.69, 9.17) is 0 Å². The zero-order valence-corrected chi connectivity index (χ0v) is 19.6. The van der Waals surface area contributed by atoms with Gasteiger partial charge in [0.15, 0.2) is 5.78 Å². The monoisotopic (exact) mass is 605 g/mol. The van der Waals surface area contributed by atoms with Gasteiger partial charge in [0.1, 0.15) is 0 Å². The third-order valence-electron chi connectivity index (χ3n) is 5.75. The van der Waals surface area contributed by atoms with Crippen molar-refractivity contribution in [2.45, 2.75) is 45.2 Å². The van der Waals surface area contributed by atoms with Crippen LogP contribution in [-0.2, 0) is 35.4 Å². The number of alkyl halides is 3. The third-order valence-corrected chi connectivity index (χ3v) is 5.75. The van der Waals surface area contributed by atoms with Crippen LogP contribution < -0.4 is 15.6 Å². The topological polar surface area (TPSA) is 84.3 Å². The van der Waals surface area contributed by atoms with E-state index in [1.54, 1.807) is 32.0 Å². The SMILES string of the molecule is Cc1[nH][n-]c(=O)c1C1(C(F)(F)F)C(=O)N(c2ccccc2)C2=C1C(=O)CC(C)(C)C2.[Re]. The summed E-state index contributed by atoms with van der Waals surface area (Å²) in [6.07, 6.45) is -5.30. The first-order chi connectivity index (χ1) is 13.9. The first-order valence-corrected chi connectivity index (χ1v) is 9.37. The molecule has 165 valence electrons. The Morgan fingerprint density at radius 2 is 1.68 bits per heavy atom. The Morgan fingerprint density at radius 3 is 2.19 bits per heavy atom. The molecule has 1 amide bonds. The quantitative estimate of drug-likeness (QED) is 0.571. The molecular weight excluding hydrogens is 585 g/mol. The van der Waals surface area contributed by atoms with E-state index in [-0.39, 0.29) is 50.3 Å². The van der Waals surface area contributed by atoms with Crippen LogP contribution in [0.2, 0.25) is 0 Å². The molecule has 1 N–H and O–H groups in total. The first kappa shape index (κ1) is 23.2. The summed E-state index contributed by atoms with van der Waals surface area (Å²) in [5.74, 6) is -2.16. The van der Waals surface area contributed by atoms with Gasteiger partial charge in [-0.1, -0.05) is 32.0 Å². The van der Waals surface area contributed by atoms with Crippen molar-refractivity contribution in [3.05, 3.63) is 63.2 Å². The van der Waals surface area contributed by atoms with E-state index < -0.39 is 45.4 Å². The van der Waals surface area contributed by atoms with Crippen LogP contribution in [0.3, 0.4) is 0 Å². The number of anilines is 1. The van der Waals surface area contributed by atoms with E-state index in [2.05, 4.69) is 10.2 Å². The summed E-state index contributed by atoms with van der Waals surface area (Å²) in [5, 5.41) is 5.60. The molecule has 1 aliphatic heterocycles. The number of Topliss-reactive ketones (excluding diaryl/α,β-unsaturated/α-hetero) is 1. The molecule has 0 fully saturated rings. The van der Waals surface area contributed by atoms with Crippen LogP contribution in [0.25, 0.3) is 0 Å². The number of hydrogen-bond donors (Lipinski definition) is 1. The fourth-order valence-electron chi connectivity index (χ4n) is 4.64. The van der Waals surface area contributed by atoms with Crippen molar-refractivity contribution in [3.63, 3.8) is 0 Å². The van der Waals surface area contributed by atoms with Gasteiger partial charge < -0.3 is 15.0 Å². The van der Waals surface area contributed by atoms with Crippen molar-refractivity contribution in [1.29, 1.82) is 0 Å². The Labute approximate surface area is 189 Å². The Kier molecular flexibility index (Phi) is 5.48. The number of ketones is 1. The van der Waals surface area contributed by atoms with Gasteiger partial charge in [0, 0.05) is 55.1 Å². The molecule has 1 aromatic heterocycles. The fraction of sp³-hybridized carbons (Fsp3) is 0.381. The van der Waals surface area contributed by atoms with E-state index >= 15 is 0 Å². The number of halogens is 3. The van der Waals surface area contributed by atoms with Gasteiger partial charge in [-0.05, 0) is 30.9 Å². The number of para-hydroxylation sites is 1. The van der Waals surface area contributed by atoms with Crippen LogP contribution in [-0.4, -0.2) is 23.0 Å². The molecule has 0 spiro atoms. The number of hydrogen-bond acceptors (Lipinski definition) is 3. The Bertz CT molecular complexity index is 1150. The average molecular weight is 605 g/mol. The molecule has 6 nitrogen and oxygen atoms in total. The number of H-pyrrole nitrogens is 1. The molecule has 0 bridgehead atoms. The normalized spacial score (nSPS) is 23.1. The molecule has 1 atom stereocenters. The number of rotatable bonds is 2. The van der Waals surface area contributed by atoms with Crippen molar-refractivity contribution in [1.82, 2.24) is 10.2 Å². The van der Waals surface area contributed by atoms with E-state index in [0.29, 0.717) is 0 Å². The summed E-state index contributed by atoms with van der Waals surface area (Å²) in [6.45, 7) is 4.77. The number of amides is 1. The first-order valence-electron chi connectivity index (χ1n) is 9.37. The van der Waals surface area contributed by atoms with Crippen LogP contribution in [0.4, 0.5) is 18.9 Å². The van der Waals surface area contributed by atoms with Crippen molar-refractivity contribution in [3.8, 4) is 0 Å². The molecule has 1 aromatic carbocycles. The molecule has 0 saturated carbocycles. The molecule has 31 heavy (non-hydrogen) atoms. The maximum Gasteiger partial charge on any atom is 0.411 e. The standard InChI is InChI=1S/C21H20F3N3O3.Re/c1-11-15(17(29)26-25-11)20(21(22,23)24)16-13(9-19(2,3)10-14(16)28)27(18(20)30)12-7-5-4-6-8-12;/h4-8H,9-10H2,1-3H3,(H2,25,26,29);/p-1. The molecule has 2 heterocycles. The maximum atomic E-state index is 14.8. The number of carbonyl (C=O) groups excluding carboxylic acids is 2. The van der Waals surface area contributed by atoms with E-state index in [9.17, 15) is 27.6 Å². The molecule has 0 saturated heterocycles. The van der Waals surface area contributed by atoms with Crippen molar-refractivity contribution in [2.75, 3.05) is 4.90 Å². The number of nitrogens with one attached hydrogen (secondary N) is 1. The second kappa shape index (κ2) is 7.31. The predicted molar refractivity (Wildman–Crippen MR) is 102 cm³/mol. The van der Waals surface area contributed by atoms with Gasteiger partial charge in [0.05, 0.1) is 5.56 Å². The minimum Gasteiger partial charge on any atom is -0.563 e.